The van der Waals surface area contributed by atoms with Crippen molar-refractivity contribution in [2.24, 2.45) is 0 Å². The van der Waals surface area contributed by atoms with Gasteiger partial charge >= 0.3 is 5.97 Å². The van der Waals surface area contributed by atoms with Gasteiger partial charge in [-0.2, -0.15) is 5.10 Å². The van der Waals surface area contributed by atoms with Gasteiger partial charge in [-0.3, -0.25) is 0 Å². The highest BCUT2D eigenvalue weighted by Crippen LogP contribution is 2.29. The topological polar surface area (TPSA) is 68.0 Å². The highest BCUT2D eigenvalue weighted by Gasteiger charge is 2.28. The number of hydrogen-bond acceptors (Lipinski definition) is 3. The molecule has 1 N–H and O–H groups in total. The van der Waals surface area contributed by atoms with Crippen LogP contribution in [0.5, 0.6) is 0 Å². The van der Waals surface area contributed by atoms with E-state index < -0.39 is 28.8 Å². The Kier molecular flexibility index (Phi) is 3.24. The summed E-state index contributed by atoms with van der Waals surface area (Å²) in [7, 11) is 0. The van der Waals surface area contributed by atoms with Crippen LogP contribution in [0, 0.1) is 0 Å². The molecule has 2 aromatic rings. The lowest BCUT2D eigenvalue weighted by Crippen LogP contribution is -2.01. The van der Waals surface area contributed by atoms with Crippen LogP contribution < -0.4 is 0 Å². The molecule has 8 heteroatoms. The molecule has 0 fully saturated rings. The Bertz CT molecular complexity index is 586. The number of carbonyl (C=O) groups is 1. The normalized spacial score (nSPS) is 10.9. The second-order valence-corrected chi connectivity index (χ2v) is 3.61. The maximum Gasteiger partial charge on any atom is 0.341 e. The van der Waals surface area contributed by atoms with E-state index in [9.17, 15) is 13.6 Å². The average molecular weight is 274 g/mol. The summed E-state index contributed by atoms with van der Waals surface area (Å²) in [6.45, 7) is 0. The quantitative estimate of drug-likeness (QED) is 0.933. The van der Waals surface area contributed by atoms with Crippen molar-refractivity contribution in [1.29, 1.82) is 0 Å². The lowest BCUT2D eigenvalue weighted by molar-refractivity contribution is 0.0684. The number of halogens is 3. The Morgan fingerprint density at radius 1 is 1.44 bits per heavy atom. The molecule has 0 aromatic carbocycles. The summed E-state index contributed by atoms with van der Waals surface area (Å²) in [6.07, 6.45) is -1.62. The van der Waals surface area contributed by atoms with E-state index in [4.69, 9.17) is 16.7 Å². The molecule has 5 nitrogen and oxygen atoms in total. The van der Waals surface area contributed by atoms with Crippen LogP contribution in [-0.2, 0) is 0 Å². The monoisotopic (exact) mass is 273 g/mol. The summed E-state index contributed by atoms with van der Waals surface area (Å²) in [5.74, 6) is -1.39. The van der Waals surface area contributed by atoms with Crippen molar-refractivity contribution < 1.29 is 18.7 Å². The summed E-state index contributed by atoms with van der Waals surface area (Å²) in [4.78, 5) is 14.8. The maximum atomic E-state index is 12.7. The molecular weight excluding hydrogens is 268 g/mol. The average Bonchev–Trinajstić information content (AvgIpc) is 2.68. The van der Waals surface area contributed by atoms with E-state index in [0.717, 1.165) is 4.68 Å². The van der Waals surface area contributed by atoms with Gasteiger partial charge in [0.1, 0.15) is 16.4 Å². The van der Waals surface area contributed by atoms with Gasteiger partial charge in [0.05, 0.1) is 0 Å². The minimum absolute atomic E-state index is 0.164. The van der Waals surface area contributed by atoms with Gasteiger partial charge in [0, 0.05) is 6.20 Å². The number of rotatable bonds is 3. The largest absolute Gasteiger partial charge is 0.478 e. The molecule has 0 saturated carbocycles. The van der Waals surface area contributed by atoms with E-state index in [2.05, 4.69) is 10.1 Å². The molecule has 94 valence electrons. The first-order valence-electron chi connectivity index (χ1n) is 4.73. The van der Waals surface area contributed by atoms with E-state index in [0.29, 0.717) is 0 Å². The minimum atomic E-state index is -3.03. The van der Waals surface area contributed by atoms with E-state index in [1.807, 2.05) is 0 Å². The van der Waals surface area contributed by atoms with E-state index in [-0.39, 0.29) is 5.82 Å². The Balaban J connectivity index is 2.64. The zero-order chi connectivity index (χ0) is 13.3. The molecule has 0 unspecified atom stereocenters. The van der Waals surface area contributed by atoms with Crippen molar-refractivity contribution in [3.63, 3.8) is 0 Å². The van der Waals surface area contributed by atoms with Gasteiger partial charge in [0.2, 0.25) is 0 Å². The standard InChI is InChI=1S/C10H6ClF2N3O2/c11-8-6(10(17)18)7(9(12)13)15-16(8)5-3-1-2-4-14-5/h1-4,9H,(H,17,18). The molecule has 0 amide bonds. The summed E-state index contributed by atoms with van der Waals surface area (Å²) in [5, 5.41) is 12.0. The van der Waals surface area contributed by atoms with Crippen LogP contribution in [0.3, 0.4) is 0 Å². The Hall–Kier alpha value is -2.02. The molecule has 0 atom stereocenters. The maximum absolute atomic E-state index is 12.7. The van der Waals surface area contributed by atoms with E-state index in [1.165, 1.54) is 12.3 Å². The van der Waals surface area contributed by atoms with Crippen LogP contribution in [0.2, 0.25) is 5.15 Å². The van der Waals surface area contributed by atoms with Crippen molar-refractivity contribution in [2.75, 3.05) is 0 Å². The van der Waals surface area contributed by atoms with Crippen LogP contribution in [0.25, 0.3) is 5.82 Å². The highest BCUT2D eigenvalue weighted by atomic mass is 35.5. The van der Waals surface area contributed by atoms with Crippen LogP contribution >= 0.6 is 11.6 Å². The molecule has 0 aliphatic heterocycles. The zero-order valence-electron chi connectivity index (χ0n) is 8.72. The molecule has 0 saturated heterocycles. The van der Waals surface area contributed by atoms with Gasteiger partial charge in [-0.15, -0.1) is 0 Å². The molecule has 0 radical (unpaired) electrons. The number of aromatic nitrogens is 3. The molecule has 0 spiro atoms. The predicted molar refractivity (Wildman–Crippen MR) is 58.3 cm³/mol. The van der Waals surface area contributed by atoms with E-state index in [1.54, 1.807) is 12.1 Å². The summed E-state index contributed by atoms with van der Waals surface area (Å²) < 4.78 is 26.2. The second-order valence-electron chi connectivity index (χ2n) is 3.26. The molecule has 0 aliphatic rings. The van der Waals surface area contributed by atoms with Gasteiger partial charge < -0.3 is 5.11 Å². The van der Waals surface area contributed by atoms with Gasteiger partial charge in [-0.1, -0.05) is 17.7 Å². The van der Waals surface area contributed by atoms with E-state index >= 15 is 0 Å². The number of carboxylic acid groups (broad SMARTS) is 1. The first-order valence-corrected chi connectivity index (χ1v) is 5.11. The number of nitrogens with zero attached hydrogens (tertiary/aromatic N) is 3. The molecule has 2 rings (SSSR count). The number of aromatic carboxylic acids is 1. The zero-order valence-corrected chi connectivity index (χ0v) is 9.47. The van der Waals surface area contributed by atoms with Crippen LogP contribution in [-0.4, -0.2) is 25.8 Å². The number of carboxylic acids is 1. The summed E-state index contributed by atoms with van der Waals surface area (Å²) >= 11 is 5.75. The molecular formula is C10H6ClF2N3O2. The Labute approximate surface area is 105 Å². The fraction of sp³-hybridized carbons (Fsp3) is 0.100. The summed E-state index contributed by atoms with van der Waals surface area (Å²) in [6, 6.07) is 4.69. The van der Waals surface area contributed by atoms with Gasteiger partial charge in [-0.25, -0.2) is 23.2 Å². The van der Waals surface area contributed by atoms with Crippen LogP contribution in [0.4, 0.5) is 8.78 Å². The third kappa shape index (κ3) is 2.04. The first-order chi connectivity index (χ1) is 8.52. The van der Waals surface area contributed by atoms with Crippen LogP contribution in [0.1, 0.15) is 22.5 Å². The Morgan fingerprint density at radius 3 is 2.61 bits per heavy atom. The fourth-order valence-electron chi connectivity index (χ4n) is 1.39. The smallest absolute Gasteiger partial charge is 0.341 e. The van der Waals surface area contributed by atoms with Gasteiger partial charge in [-0.05, 0) is 12.1 Å². The third-order valence-corrected chi connectivity index (χ3v) is 2.49. The molecule has 2 heterocycles. The second kappa shape index (κ2) is 4.69. The molecule has 2 aromatic heterocycles. The van der Waals surface area contributed by atoms with Crippen LogP contribution in [0.15, 0.2) is 24.4 Å². The SMILES string of the molecule is O=C(O)c1c(C(F)F)nn(-c2ccccn2)c1Cl. The minimum Gasteiger partial charge on any atom is -0.478 e. The third-order valence-electron chi connectivity index (χ3n) is 2.14. The lowest BCUT2D eigenvalue weighted by atomic mass is 10.2. The number of pyridine rings is 1. The predicted octanol–water partition coefficient (Wildman–Crippen LogP) is 2.56. The molecule has 0 bridgehead atoms. The molecule has 0 aliphatic carbocycles. The van der Waals surface area contributed by atoms with Crippen molar-refractivity contribution >= 4 is 17.6 Å². The van der Waals surface area contributed by atoms with Crippen molar-refractivity contribution in [3.05, 3.63) is 40.8 Å². The number of hydrogen-bond donors (Lipinski definition) is 1. The fourth-order valence-corrected chi connectivity index (χ4v) is 1.70. The van der Waals surface area contributed by atoms with Crippen molar-refractivity contribution in [2.45, 2.75) is 6.43 Å². The molecule has 18 heavy (non-hydrogen) atoms. The highest BCUT2D eigenvalue weighted by molar-refractivity contribution is 6.32. The lowest BCUT2D eigenvalue weighted by Gasteiger charge is -2.00. The summed E-state index contributed by atoms with van der Waals surface area (Å²) in [5.41, 5.74) is -1.59. The van der Waals surface area contributed by atoms with Gasteiger partial charge in [0.15, 0.2) is 5.82 Å². The van der Waals surface area contributed by atoms with Gasteiger partial charge in [0.25, 0.3) is 6.43 Å². The Morgan fingerprint density at radius 2 is 2.17 bits per heavy atom. The van der Waals surface area contributed by atoms with Crippen molar-refractivity contribution in [1.82, 2.24) is 14.8 Å². The first kappa shape index (κ1) is 12.4. The van der Waals surface area contributed by atoms with Crippen molar-refractivity contribution in [3.8, 4) is 5.82 Å². The number of alkyl halides is 2.